The molecule has 0 unspecified atom stereocenters. The number of rotatable bonds is 0. The van der Waals surface area contributed by atoms with Gasteiger partial charge in [0.05, 0.1) is 5.75 Å². The largest absolute Gasteiger partial charge is 0.388 e. The maximum atomic E-state index is 11.2. The third-order valence-corrected chi connectivity index (χ3v) is 7.37. The smallest absolute Gasteiger partial charge is 0.208 e. The molecule has 1 rings (SSSR count). The van der Waals surface area contributed by atoms with Gasteiger partial charge in [0.15, 0.2) is 9.84 Å². The molecule has 0 amide bonds. The molecule has 0 bridgehead atoms. The number of aliphatic hydroxyl groups excluding tert-OH is 1. The summed E-state index contributed by atoms with van der Waals surface area (Å²) in [6.07, 6.45) is -1.10. The van der Waals surface area contributed by atoms with Crippen LogP contribution < -0.4 is 5.73 Å². The number of sulfone groups is 1. The number of alkyl halides is 2. The summed E-state index contributed by atoms with van der Waals surface area (Å²) < 4.78 is 20.9. The van der Waals surface area contributed by atoms with Crippen molar-refractivity contribution < 1.29 is 13.5 Å². The van der Waals surface area contributed by atoms with Crippen molar-refractivity contribution >= 4 is 41.7 Å². The van der Waals surface area contributed by atoms with Gasteiger partial charge >= 0.3 is 0 Å². The van der Waals surface area contributed by atoms with Crippen molar-refractivity contribution in [2.45, 2.75) is 14.7 Å². The zero-order chi connectivity index (χ0) is 8.86. The molecule has 1 aliphatic rings. The van der Waals surface area contributed by atoms with Gasteiger partial charge in [0.2, 0.25) is 2.57 Å². The fourth-order valence-corrected chi connectivity index (χ4v) is 3.81. The molecule has 1 aliphatic heterocycles. The summed E-state index contributed by atoms with van der Waals surface area (Å²) in [5.74, 6) is -0.204. The monoisotopic (exact) mass is 307 g/mol. The standard InChI is InChI=1S/C4H7Br2NO3S/c5-4(6)3(8)2(7)1-11(4,9)10/h2-3,8H,1,7H2/t2-,3+/m1/s1. The van der Waals surface area contributed by atoms with Gasteiger partial charge in [-0.2, -0.15) is 0 Å². The van der Waals surface area contributed by atoms with Crippen LogP contribution in [0.15, 0.2) is 0 Å². The van der Waals surface area contributed by atoms with E-state index in [9.17, 15) is 13.5 Å². The van der Waals surface area contributed by atoms with Crippen LogP contribution in [0.5, 0.6) is 0 Å². The lowest BCUT2D eigenvalue weighted by atomic mass is 10.2. The highest BCUT2D eigenvalue weighted by molar-refractivity contribution is 9.28. The lowest BCUT2D eigenvalue weighted by Gasteiger charge is -2.17. The Labute approximate surface area is 81.3 Å². The van der Waals surface area contributed by atoms with Gasteiger partial charge in [-0.15, -0.1) is 0 Å². The van der Waals surface area contributed by atoms with Crippen LogP contribution in [0, 0.1) is 0 Å². The molecular formula is C4H7Br2NO3S. The van der Waals surface area contributed by atoms with Crippen LogP contribution >= 0.6 is 31.9 Å². The van der Waals surface area contributed by atoms with E-state index in [1.807, 2.05) is 0 Å². The van der Waals surface area contributed by atoms with Crippen LogP contribution in [0.25, 0.3) is 0 Å². The molecule has 1 heterocycles. The van der Waals surface area contributed by atoms with E-state index in [-0.39, 0.29) is 5.75 Å². The molecule has 66 valence electrons. The predicted molar refractivity (Wildman–Crippen MR) is 48.4 cm³/mol. The molecular weight excluding hydrogens is 302 g/mol. The van der Waals surface area contributed by atoms with Gasteiger partial charge in [-0.1, -0.05) is 31.9 Å². The Bertz CT molecular complexity index is 263. The number of hydrogen-bond acceptors (Lipinski definition) is 4. The minimum atomic E-state index is -3.36. The average molecular weight is 309 g/mol. The number of aliphatic hydroxyl groups is 1. The van der Waals surface area contributed by atoms with Gasteiger partial charge in [0.1, 0.15) is 6.10 Å². The fourth-order valence-electron chi connectivity index (χ4n) is 0.889. The zero-order valence-corrected chi connectivity index (χ0v) is 9.36. The Hall–Kier alpha value is 0.830. The zero-order valence-electron chi connectivity index (χ0n) is 5.37. The van der Waals surface area contributed by atoms with Crippen LogP contribution in [-0.4, -0.2) is 34.0 Å². The molecule has 0 aromatic heterocycles. The van der Waals surface area contributed by atoms with E-state index < -0.39 is 24.5 Å². The summed E-state index contributed by atoms with van der Waals surface area (Å²) in [7, 11) is -3.36. The van der Waals surface area contributed by atoms with Crippen molar-refractivity contribution in [3.63, 3.8) is 0 Å². The Morgan fingerprint density at radius 3 is 2.09 bits per heavy atom. The van der Waals surface area contributed by atoms with Crippen molar-refractivity contribution in [3.05, 3.63) is 0 Å². The molecule has 2 atom stereocenters. The Kier molecular flexibility index (Phi) is 2.40. The molecule has 0 saturated carbocycles. The fraction of sp³-hybridized carbons (Fsp3) is 1.00. The maximum Gasteiger partial charge on any atom is 0.208 e. The molecule has 0 aliphatic carbocycles. The average Bonchev–Trinajstić information content (AvgIpc) is 1.93. The van der Waals surface area contributed by atoms with Gasteiger partial charge in [0, 0.05) is 6.04 Å². The first kappa shape index (κ1) is 9.91. The Morgan fingerprint density at radius 2 is 2.00 bits per heavy atom. The summed E-state index contributed by atoms with van der Waals surface area (Å²) in [6.45, 7) is 0. The van der Waals surface area contributed by atoms with Crippen LogP contribution in [0.4, 0.5) is 0 Å². The first-order valence-electron chi connectivity index (χ1n) is 2.83. The van der Waals surface area contributed by atoms with Crippen LogP contribution in [0.3, 0.4) is 0 Å². The van der Waals surface area contributed by atoms with Gasteiger partial charge in [0.25, 0.3) is 0 Å². The molecule has 0 radical (unpaired) electrons. The minimum absolute atomic E-state index is 0.204. The molecule has 3 N–H and O–H groups in total. The van der Waals surface area contributed by atoms with E-state index in [2.05, 4.69) is 31.9 Å². The SMILES string of the molecule is N[C@@H]1CS(=O)(=O)C(Br)(Br)[C@H]1O. The van der Waals surface area contributed by atoms with Crippen molar-refractivity contribution in [2.24, 2.45) is 5.73 Å². The summed E-state index contributed by atoms with van der Waals surface area (Å²) >= 11 is 5.74. The highest BCUT2D eigenvalue weighted by Gasteiger charge is 2.55. The summed E-state index contributed by atoms with van der Waals surface area (Å²) in [5, 5.41) is 9.26. The van der Waals surface area contributed by atoms with E-state index in [1.54, 1.807) is 0 Å². The van der Waals surface area contributed by atoms with E-state index in [0.29, 0.717) is 0 Å². The quantitative estimate of drug-likeness (QED) is 0.594. The number of hydrogen-bond donors (Lipinski definition) is 2. The van der Waals surface area contributed by atoms with Crippen LogP contribution in [0.2, 0.25) is 0 Å². The van der Waals surface area contributed by atoms with Gasteiger partial charge < -0.3 is 10.8 Å². The Balaban J connectivity index is 3.12. The molecule has 0 aromatic rings. The van der Waals surface area contributed by atoms with Crippen molar-refractivity contribution in [1.82, 2.24) is 0 Å². The minimum Gasteiger partial charge on any atom is -0.388 e. The second kappa shape index (κ2) is 2.66. The van der Waals surface area contributed by atoms with Gasteiger partial charge in [-0.3, -0.25) is 0 Å². The number of halogens is 2. The second-order valence-electron chi connectivity index (χ2n) is 2.45. The summed E-state index contributed by atoms with van der Waals surface area (Å²) in [5.41, 5.74) is 5.34. The molecule has 0 aromatic carbocycles. The highest BCUT2D eigenvalue weighted by atomic mass is 79.9. The topological polar surface area (TPSA) is 80.4 Å². The van der Waals surface area contributed by atoms with E-state index in [4.69, 9.17) is 5.73 Å². The normalized spacial score (nSPS) is 40.7. The lowest BCUT2D eigenvalue weighted by molar-refractivity contribution is 0.172. The first-order valence-corrected chi connectivity index (χ1v) is 6.06. The van der Waals surface area contributed by atoms with Crippen molar-refractivity contribution in [1.29, 1.82) is 0 Å². The number of nitrogens with two attached hydrogens (primary N) is 1. The van der Waals surface area contributed by atoms with E-state index in [0.717, 1.165) is 0 Å². The molecule has 7 heteroatoms. The maximum absolute atomic E-state index is 11.2. The van der Waals surface area contributed by atoms with Crippen molar-refractivity contribution in [2.75, 3.05) is 5.75 Å². The third kappa shape index (κ3) is 1.37. The second-order valence-corrected chi connectivity index (χ2v) is 9.27. The van der Waals surface area contributed by atoms with Crippen LogP contribution in [0.1, 0.15) is 0 Å². The summed E-state index contributed by atoms with van der Waals surface area (Å²) in [6, 6.07) is -0.723. The highest BCUT2D eigenvalue weighted by Crippen LogP contribution is 2.43. The van der Waals surface area contributed by atoms with E-state index in [1.165, 1.54) is 0 Å². The molecule has 1 saturated heterocycles. The van der Waals surface area contributed by atoms with Crippen molar-refractivity contribution in [3.8, 4) is 0 Å². The van der Waals surface area contributed by atoms with Gasteiger partial charge in [-0.25, -0.2) is 8.42 Å². The third-order valence-electron chi connectivity index (χ3n) is 1.58. The molecule has 11 heavy (non-hydrogen) atoms. The molecule has 4 nitrogen and oxygen atoms in total. The molecule has 0 spiro atoms. The first-order chi connectivity index (χ1) is 4.79. The van der Waals surface area contributed by atoms with Gasteiger partial charge in [-0.05, 0) is 0 Å². The predicted octanol–water partition coefficient (Wildman–Crippen LogP) is -0.453. The van der Waals surface area contributed by atoms with Crippen LogP contribution in [-0.2, 0) is 9.84 Å². The molecule has 1 fully saturated rings. The lowest BCUT2D eigenvalue weighted by Crippen LogP contribution is -2.38. The summed E-state index contributed by atoms with van der Waals surface area (Å²) in [4.78, 5) is 0. The Morgan fingerprint density at radius 1 is 1.55 bits per heavy atom. The van der Waals surface area contributed by atoms with E-state index >= 15 is 0 Å².